The molecule has 1 aliphatic rings. The molecule has 0 unspecified atom stereocenters. The van der Waals surface area contributed by atoms with Gasteiger partial charge in [-0.2, -0.15) is 0 Å². The summed E-state index contributed by atoms with van der Waals surface area (Å²) in [6.45, 7) is 3.14. The van der Waals surface area contributed by atoms with E-state index < -0.39 is 12.1 Å². The van der Waals surface area contributed by atoms with Gasteiger partial charge >= 0.3 is 5.97 Å². The fourth-order valence-electron chi connectivity index (χ4n) is 3.00. The van der Waals surface area contributed by atoms with Crippen LogP contribution >= 0.6 is 23.4 Å². The van der Waals surface area contributed by atoms with Gasteiger partial charge in [0.25, 0.3) is 5.91 Å². The number of ether oxygens (including phenoxy) is 1. The van der Waals surface area contributed by atoms with Crippen molar-refractivity contribution in [3.8, 4) is 0 Å². The number of thioether (sulfide) groups is 1. The Labute approximate surface area is 156 Å². The molecule has 6 heteroatoms. The van der Waals surface area contributed by atoms with E-state index in [-0.39, 0.29) is 11.7 Å². The van der Waals surface area contributed by atoms with Crippen LogP contribution in [0.5, 0.6) is 0 Å². The van der Waals surface area contributed by atoms with Crippen LogP contribution in [0.25, 0.3) is 10.8 Å². The Morgan fingerprint density at radius 2 is 1.88 bits per heavy atom. The highest BCUT2D eigenvalue weighted by Gasteiger charge is 2.25. The number of carbonyl (C=O) groups is 2. The van der Waals surface area contributed by atoms with Crippen molar-refractivity contribution in [2.24, 2.45) is 0 Å². The van der Waals surface area contributed by atoms with Gasteiger partial charge in [0.15, 0.2) is 6.10 Å². The second-order valence-corrected chi connectivity index (χ2v) is 7.47. The van der Waals surface area contributed by atoms with E-state index >= 15 is 0 Å². The van der Waals surface area contributed by atoms with E-state index in [1.54, 1.807) is 11.8 Å². The van der Waals surface area contributed by atoms with Crippen molar-refractivity contribution in [3.05, 3.63) is 41.4 Å². The average molecular weight is 378 g/mol. The van der Waals surface area contributed by atoms with Crippen molar-refractivity contribution in [1.29, 1.82) is 0 Å². The second-order valence-electron chi connectivity index (χ2n) is 6.05. The van der Waals surface area contributed by atoms with E-state index in [0.717, 1.165) is 41.6 Å². The standard InChI is InChI=1S/C19H20ClNO3S/c1-13(19(23)21-10-2-3-11-21)24-17(22)12-25-16-9-5-7-14-6-4-8-15(20)18(14)16/h4-9,13H,2-3,10-12H2,1H3/t13-/m0/s1. The molecule has 0 N–H and O–H groups in total. The predicted molar refractivity (Wildman–Crippen MR) is 101 cm³/mol. The minimum absolute atomic E-state index is 0.107. The van der Waals surface area contributed by atoms with Gasteiger partial charge in [0.2, 0.25) is 0 Å². The van der Waals surface area contributed by atoms with Crippen LogP contribution in [0.4, 0.5) is 0 Å². The van der Waals surface area contributed by atoms with Gasteiger partial charge in [-0.05, 0) is 37.3 Å². The van der Waals surface area contributed by atoms with Crippen LogP contribution in [0, 0.1) is 0 Å². The highest BCUT2D eigenvalue weighted by Crippen LogP contribution is 2.33. The number of amides is 1. The largest absolute Gasteiger partial charge is 0.452 e. The first-order valence-electron chi connectivity index (χ1n) is 8.34. The molecule has 132 valence electrons. The van der Waals surface area contributed by atoms with Gasteiger partial charge in [0.1, 0.15) is 0 Å². The van der Waals surface area contributed by atoms with Crippen LogP contribution in [-0.4, -0.2) is 41.7 Å². The number of halogens is 1. The number of fused-ring (bicyclic) bond motifs is 1. The Balaban J connectivity index is 1.60. The van der Waals surface area contributed by atoms with Crippen LogP contribution in [0.3, 0.4) is 0 Å². The van der Waals surface area contributed by atoms with E-state index in [0.29, 0.717) is 5.02 Å². The summed E-state index contributed by atoms with van der Waals surface area (Å²) >= 11 is 7.67. The summed E-state index contributed by atoms with van der Waals surface area (Å²) in [5, 5.41) is 2.63. The first-order valence-corrected chi connectivity index (χ1v) is 9.71. The van der Waals surface area contributed by atoms with Gasteiger partial charge in [-0.3, -0.25) is 9.59 Å². The van der Waals surface area contributed by atoms with Crippen molar-refractivity contribution in [3.63, 3.8) is 0 Å². The summed E-state index contributed by atoms with van der Waals surface area (Å²) in [6, 6.07) is 11.6. The summed E-state index contributed by atoms with van der Waals surface area (Å²) < 4.78 is 5.30. The molecule has 1 saturated heterocycles. The van der Waals surface area contributed by atoms with Crippen molar-refractivity contribution >= 4 is 46.0 Å². The van der Waals surface area contributed by atoms with Gasteiger partial charge in [-0.25, -0.2) is 0 Å². The minimum atomic E-state index is -0.734. The lowest BCUT2D eigenvalue weighted by atomic mass is 10.1. The molecule has 0 bridgehead atoms. The number of esters is 1. The SMILES string of the molecule is C[C@H](OC(=O)CSc1cccc2cccc(Cl)c12)C(=O)N1CCCC1. The number of rotatable bonds is 5. The van der Waals surface area contributed by atoms with Gasteiger partial charge in [0, 0.05) is 28.4 Å². The van der Waals surface area contributed by atoms with Crippen molar-refractivity contribution in [2.45, 2.75) is 30.8 Å². The monoisotopic (exact) mass is 377 g/mol. The molecule has 1 atom stereocenters. The summed E-state index contributed by atoms with van der Waals surface area (Å²) in [5.41, 5.74) is 0. The predicted octanol–water partition coefficient (Wildman–Crippen LogP) is 4.14. The molecule has 1 amide bonds. The molecule has 0 spiro atoms. The van der Waals surface area contributed by atoms with Crippen molar-refractivity contribution < 1.29 is 14.3 Å². The number of likely N-dealkylation sites (tertiary alicyclic amines) is 1. The lowest BCUT2D eigenvalue weighted by Crippen LogP contribution is -2.38. The number of hydrogen-bond acceptors (Lipinski definition) is 4. The third-order valence-corrected chi connectivity index (χ3v) is 5.58. The second kappa shape index (κ2) is 8.11. The topological polar surface area (TPSA) is 46.6 Å². The zero-order valence-corrected chi connectivity index (χ0v) is 15.6. The molecular formula is C19H20ClNO3S. The first kappa shape index (κ1) is 18.1. The molecule has 1 heterocycles. The van der Waals surface area contributed by atoms with E-state index in [1.807, 2.05) is 36.4 Å². The molecule has 2 aromatic rings. The van der Waals surface area contributed by atoms with E-state index in [4.69, 9.17) is 16.3 Å². The smallest absolute Gasteiger partial charge is 0.317 e. The maximum atomic E-state index is 12.2. The van der Waals surface area contributed by atoms with Crippen LogP contribution in [0.2, 0.25) is 5.02 Å². The van der Waals surface area contributed by atoms with Crippen LogP contribution in [0.15, 0.2) is 41.3 Å². The zero-order chi connectivity index (χ0) is 17.8. The fourth-order valence-corrected chi connectivity index (χ4v) is 4.22. The highest BCUT2D eigenvalue weighted by atomic mass is 35.5. The Bertz CT molecular complexity index is 784. The number of carbonyl (C=O) groups excluding carboxylic acids is 2. The molecule has 2 aromatic carbocycles. The molecule has 0 aliphatic carbocycles. The maximum Gasteiger partial charge on any atom is 0.317 e. The summed E-state index contributed by atoms with van der Waals surface area (Å²) in [6.07, 6.45) is 1.30. The summed E-state index contributed by atoms with van der Waals surface area (Å²) in [7, 11) is 0. The number of benzene rings is 2. The highest BCUT2D eigenvalue weighted by molar-refractivity contribution is 8.00. The third-order valence-electron chi connectivity index (χ3n) is 4.23. The zero-order valence-electron chi connectivity index (χ0n) is 14.0. The third kappa shape index (κ3) is 4.28. The Kier molecular flexibility index (Phi) is 5.86. The molecule has 0 radical (unpaired) electrons. The fraction of sp³-hybridized carbons (Fsp3) is 0.368. The number of hydrogen-bond donors (Lipinski definition) is 0. The van der Waals surface area contributed by atoms with Crippen LogP contribution in [-0.2, 0) is 14.3 Å². The lowest BCUT2D eigenvalue weighted by molar-refractivity contribution is -0.156. The molecule has 1 fully saturated rings. The van der Waals surface area contributed by atoms with E-state index in [9.17, 15) is 9.59 Å². The lowest BCUT2D eigenvalue weighted by Gasteiger charge is -2.20. The van der Waals surface area contributed by atoms with Crippen molar-refractivity contribution in [1.82, 2.24) is 4.90 Å². The Hall–Kier alpha value is -1.72. The van der Waals surface area contributed by atoms with Gasteiger partial charge < -0.3 is 9.64 Å². The average Bonchev–Trinajstić information content (AvgIpc) is 3.14. The molecule has 25 heavy (non-hydrogen) atoms. The van der Waals surface area contributed by atoms with E-state index in [1.165, 1.54) is 11.8 Å². The van der Waals surface area contributed by atoms with E-state index in [2.05, 4.69) is 0 Å². The van der Waals surface area contributed by atoms with Crippen molar-refractivity contribution in [2.75, 3.05) is 18.8 Å². The molecular weight excluding hydrogens is 358 g/mol. The Morgan fingerprint density at radius 1 is 1.20 bits per heavy atom. The molecule has 0 aromatic heterocycles. The molecule has 3 rings (SSSR count). The normalized spacial score (nSPS) is 15.4. The number of nitrogens with zero attached hydrogens (tertiary/aromatic N) is 1. The molecule has 1 aliphatic heterocycles. The maximum absolute atomic E-state index is 12.2. The Morgan fingerprint density at radius 3 is 2.60 bits per heavy atom. The quantitative estimate of drug-likeness (QED) is 0.580. The van der Waals surface area contributed by atoms with Gasteiger partial charge in [0.05, 0.1) is 5.75 Å². The van der Waals surface area contributed by atoms with Gasteiger partial charge in [-0.15, -0.1) is 11.8 Å². The minimum Gasteiger partial charge on any atom is -0.452 e. The van der Waals surface area contributed by atoms with Crippen LogP contribution in [0.1, 0.15) is 19.8 Å². The first-order chi connectivity index (χ1) is 12.1. The summed E-state index contributed by atoms with van der Waals surface area (Å²) in [5.74, 6) is -0.361. The molecule has 0 saturated carbocycles. The van der Waals surface area contributed by atoms with Crippen LogP contribution < -0.4 is 0 Å². The molecule has 4 nitrogen and oxygen atoms in total. The summed E-state index contributed by atoms with van der Waals surface area (Å²) in [4.78, 5) is 27.0. The van der Waals surface area contributed by atoms with Gasteiger partial charge in [-0.1, -0.05) is 35.9 Å².